The third kappa shape index (κ3) is 2.68. The van der Waals surface area contributed by atoms with E-state index in [0.717, 1.165) is 6.07 Å². The van der Waals surface area contributed by atoms with Crippen molar-refractivity contribution in [1.82, 2.24) is 10.2 Å². The average molecular weight is 319 g/mol. The highest BCUT2D eigenvalue weighted by Gasteiger charge is 2.14. The lowest BCUT2D eigenvalue weighted by molar-refractivity contribution is 0.0697. The van der Waals surface area contributed by atoms with Crippen LogP contribution in [0.4, 0.5) is 4.39 Å². The summed E-state index contributed by atoms with van der Waals surface area (Å²) >= 11 is 5.94. The maximum absolute atomic E-state index is 13.0. The molecule has 0 atom stereocenters. The van der Waals surface area contributed by atoms with E-state index in [0.29, 0.717) is 11.1 Å². The van der Waals surface area contributed by atoms with Crippen molar-refractivity contribution in [1.29, 1.82) is 0 Å². The van der Waals surface area contributed by atoms with Crippen molar-refractivity contribution in [2.45, 2.75) is 0 Å². The van der Waals surface area contributed by atoms with Gasteiger partial charge in [0.15, 0.2) is 0 Å². The van der Waals surface area contributed by atoms with Gasteiger partial charge >= 0.3 is 5.97 Å². The van der Waals surface area contributed by atoms with E-state index in [1.54, 1.807) is 12.1 Å². The highest BCUT2D eigenvalue weighted by atomic mass is 35.5. The van der Waals surface area contributed by atoms with E-state index in [2.05, 4.69) is 10.2 Å². The number of nitrogens with zero attached hydrogens (tertiary/aromatic N) is 2. The van der Waals surface area contributed by atoms with Crippen LogP contribution in [-0.4, -0.2) is 21.3 Å². The van der Waals surface area contributed by atoms with Gasteiger partial charge < -0.3 is 9.52 Å². The second kappa shape index (κ2) is 5.57. The molecular formula is C15H8ClFN2O3. The lowest BCUT2D eigenvalue weighted by Gasteiger charge is -1.99. The number of carboxylic acid groups (broad SMARTS) is 1. The van der Waals surface area contributed by atoms with E-state index in [-0.39, 0.29) is 22.4 Å². The normalized spacial score (nSPS) is 10.6. The Morgan fingerprint density at radius 1 is 1.09 bits per heavy atom. The Morgan fingerprint density at radius 2 is 1.77 bits per heavy atom. The summed E-state index contributed by atoms with van der Waals surface area (Å²) in [6, 6.07) is 9.84. The summed E-state index contributed by atoms with van der Waals surface area (Å²) in [6.07, 6.45) is 0. The SMILES string of the molecule is O=C(O)c1ccc(-c2nnc(-c3ccc(F)cc3Cl)o2)cc1. The van der Waals surface area contributed by atoms with Gasteiger partial charge in [0, 0.05) is 5.56 Å². The maximum Gasteiger partial charge on any atom is 0.335 e. The van der Waals surface area contributed by atoms with Crippen LogP contribution in [0.3, 0.4) is 0 Å². The second-order valence-corrected chi connectivity index (χ2v) is 4.83. The average Bonchev–Trinajstić information content (AvgIpc) is 2.97. The number of hydrogen-bond donors (Lipinski definition) is 1. The molecule has 2 aromatic carbocycles. The fourth-order valence-corrected chi connectivity index (χ4v) is 2.12. The largest absolute Gasteiger partial charge is 0.478 e. The van der Waals surface area contributed by atoms with Gasteiger partial charge in [-0.3, -0.25) is 0 Å². The quantitative estimate of drug-likeness (QED) is 0.792. The zero-order chi connectivity index (χ0) is 15.7. The van der Waals surface area contributed by atoms with Crippen molar-refractivity contribution in [3.05, 3.63) is 58.9 Å². The number of carbonyl (C=O) groups is 1. The first-order valence-corrected chi connectivity index (χ1v) is 6.55. The Bertz CT molecular complexity index is 846. The van der Waals surface area contributed by atoms with Crippen molar-refractivity contribution in [3.63, 3.8) is 0 Å². The molecule has 0 unspecified atom stereocenters. The maximum atomic E-state index is 13.0. The van der Waals surface area contributed by atoms with Crippen molar-refractivity contribution < 1.29 is 18.7 Å². The Balaban J connectivity index is 1.95. The molecule has 0 aliphatic heterocycles. The molecule has 0 radical (unpaired) electrons. The van der Waals surface area contributed by atoms with Crippen molar-refractivity contribution in [2.24, 2.45) is 0 Å². The van der Waals surface area contributed by atoms with Crippen LogP contribution >= 0.6 is 11.6 Å². The minimum atomic E-state index is -1.02. The first-order chi connectivity index (χ1) is 10.5. The number of carboxylic acids is 1. The van der Waals surface area contributed by atoms with Gasteiger partial charge in [-0.25, -0.2) is 9.18 Å². The molecule has 110 valence electrons. The molecule has 7 heteroatoms. The molecule has 0 fully saturated rings. The van der Waals surface area contributed by atoms with E-state index in [4.69, 9.17) is 21.1 Å². The van der Waals surface area contributed by atoms with Crippen LogP contribution in [0.25, 0.3) is 22.9 Å². The highest BCUT2D eigenvalue weighted by molar-refractivity contribution is 6.33. The van der Waals surface area contributed by atoms with E-state index >= 15 is 0 Å². The Hall–Kier alpha value is -2.73. The highest BCUT2D eigenvalue weighted by Crippen LogP contribution is 2.29. The van der Waals surface area contributed by atoms with Gasteiger partial charge in [0.1, 0.15) is 5.82 Å². The summed E-state index contributed by atoms with van der Waals surface area (Å²) in [7, 11) is 0. The first kappa shape index (κ1) is 14.2. The first-order valence-electron chi connectivity index (χ1n) is 6.17. The van der Waals surface area contributed by atoms with Crippen molar-refractivity contribution >= 4 is 17.6 Å². The molecule has 0 amide bonds. The minimum absolute atomic E-state index is 0.155. The number of halogens is 2. The predicted octanol–water partition coefficient (Wildman–Crippen LogP) is 3.89. The number of hydrogen-bond acceptors (Lipinski definition) is 4. The Labute approximate surface area is 129 Å². The fraction of sp³-hybridized carbons (Fsp3) is 0. The van der Waals surface area contributed by atoms with Gasteiger partial charge in [-0.1, -0.05) is 11.6 Å². The third-order valence-electron chi connectivity index (χ3n) is 2.97. The van der Waals surface area contributed by atoms with Crippen LogP contribution in [-0.2, 0) is 0 Å². The summed E-state index contributed by atoms with van der Waals surface area (Å²) < 4.78 is 18.5. The summed E-state index contributed by atoms with van der Waals surface area (Å²) in [6.45, 7) is 0. The zero-order valence-corrected chi connectivity index (χ0v) is 11.7. The van der Waals surface area contributed by atoms with Gasteiger partial charge in [-0.2, -0.15) is 0 Å². The van der Waals surface area contributed by atoms with E-state index in [9.17, 15) is 9.18 Å². The minimum Gasteiger partial charge on any atom is -0.478 e. The summed E-state index contributed by atoms with van der Waals surface area (Å²) in [4.78, 5) is 10.8. The number of aromatic nitrogens is 2. The number of rotatable bonds is 3. The molecule has 22 heavy (non-hydrogen) atoms. The Kier molecular flexibility index (Phi) is 3.60. The lowest BCUT2D eigenvalue weighted by atomic mass is 10.1. The van der Waals surface area contributed by atoms with Crippen molar-refractivity contribution in [2.75, 3.05) is 0 Å². The molecule has 0 aliphatic carbocycles. The molecule has 0 aliphatic rings. The lowest BCUT2D eigenvalue weighted by Crippen LogP contribution is -1.94. The molecule has 0 saturated carbocycles. The zero-order valence-electron chi connectivity index (χ0n) is 11.0. The second-order valence-electron chi connectivity index (χ2n) is 4.42. The van der Waals surface area contributed by atoms with E-state index < -0.39 is 11.8 Å². The van der Waals surface area contributed by atoms with Gasteiger partial charge in [-0.05, 0) is 42.5 Å². The van der Waals surface area contributed by atoms with Crippen LogP contribution in [0.1, 0.15) is 10.4 Å². The van der Waals surface area contributed by atoms with Gasteiger partial charge in [0.05, 0.1) is 16.1 Å². The molecule has 0 saturated heterocycles. The summed E-state index contributed by atoms with van der Waals surface area (Å²) in [5.74, 6) is -1.11. The molecule has 3 rings (SSSR count). The van der Waals surface area contributed by atoms with Crippen molar-refractivity contribution in [3.8, 4) is 22.9 Å². The molecule has 1 N–H and O–H groups in total. The van der Waals surface area contributed by atoms with Gasteiger partial charge in [-0.15, -0.1) is 10.2 Å². The van der Waals surface area contributed by atoms with Gasteiger partial charge in [0.25, 0.3) is 0 Å². The number of aromatic carboxylic acids is 1. The van der Waals surface area contributed by atoms with E-state index in [1.165, 1.54) is 24.3 Å². The van der Waals surface area contributed by atoms with Crippen LogP contribution < -0.4 is 0 Å². The van der Waals surface area contributed by atoms with Crippen LogP contribution in [0.15, 0.2) is 46.9 Å². The topological polar surface area (TPSA) is 76.2 Å². The monoisotopic (exact) mass is 318 g/mol. The van der Waals surface area contributed by atoms with Crippen LogP contribution in [0.2, 0.25) is 5.02 Å². The standard InChI is InChI=1S/C15H8ClFN2O3/c16-12-7-10(17)5-6-11(12)14-19-18-13(22-14)8-1-3-9(4-2-8)15(20)21/h1-7H,(H,20,21). The van der Waals surface area contributed by atoms with Crippen LogP contribution in [0.5, 0.6) is 0 Å². The molecule has 1 aromatic heterocycles. The molecule has 0 spiro atoms. The smallest absolute Gasteiger partial charge is 0.335 e. The van der Waals surface area contributed by atoms with E-state index in [1.807, 2.05) is 0 Å². The number of benzene rings is 2. The third-order valence-corrected chi connectivity index (χ3v) is 3.28. The summed E-state index contributed by atoms with van der Waals surface area (Å²) in [5.41, 5.74) is 1.15. The molecular weight excluding hydrogens is 311 g/mol. The predicted molar refractivity (Wildman–Crippen MR) is 77.1 cm³/mol. The fourth-order valence-electron chi connectivity index (χ4n) is 1.87. The molecule has 1 heterocycles. The van der Waals surface area contributed by atoms with Gasteiger partial charge in [0.2, 0.25) is 11.8 Å². The summed E-state index contributed by atoms with van der Waals surface area (Å²) in [5, 5.41) is 16.8. The Morgan fingerprint density at radius 3 is 2.41 bits per heavy atom. The molecule has 3 aromatic rings. The molecule has 5 nitrogen and oxygen atoms in total. The molecule has 0 bridgehead atoms. The van der Waals surface area contributed by atoms with Crippen LogP contribution in [0, 0.1) is 5.82 Å².